The second-order valence-electron chi connectivity index (χ2n) is 6.00. The van der Waals surface area contributed by atoms with Crippen LogP contribution in [0.5, 0.6) is 5.75 Å². The number of hydrogen-bond donors (Lipinski definition) is 2. The van der Waals surface area contributed by atoms with Gasteiger partial charge in [-0.25, -0.2) is 4.39 Å². The van der Waals surface area contributed by atoms with Crippen LogP contribution < -0.4 is 10.1 Å². The van der Waals surface area contributed by atoms with Gasteiger partial charge in [-0.2, -0.15) is 0 Å². The second-order valence-corrected chi connectivity index (χ2v) is 6.00. The molecule has 1 atom stereocenters. The molecular formula is C17H25FN2O3. The minimum Gasteiger partial charge on any atom is -0.497 e. The minimum absolute atomic E-state index is 0.137. The summed E-state index contributed by atoms with van der Waals surface area (Å²) in [6, 6.07) is 4.46. The van der Waals surface area contributed by atoms with E-state index in [1.54, 1.807) is 12.1 Å². The van der Waals surface area contributed by atoms with Crippen LogP contribution in [0.4, 0.5) is 4.39 Å². The van der Waals surface area contributed by atoms with Crippen LogP contribution in [-0.4, -0.2) is 48.3 Å². The van der Waals surface area contributed by atoms with E-state index in [0.29, 0.717) is 30.7 Å². The maximum absolute atomic E-state index is 14.0. The van der Waals surface area contributed by atoms with Gasteiger partial charge in [0, 0.05) is 25.2 Å². The number of carbonyl (C=O) groups is 1. The van der Waals surface area contributed by atoms with Crippen LogP contribution in [-0.2, 0) is 11.3 Å². The van der Waals surface area contributed by atoms with E-state index >= 15 is 0 Å². The first kappa shape index (κ1) is 17.7. The summed E-state index contributed by atoms with van der Waals surface area (Å²) in [5.74, 6) is -0.169. The Bertz CT molecular complexity index is 553. The van der Waals surface area contributed by atoms with Crippen LogP contribution in [0.15, 0.2) is 18.2 Å². The van der Waals surface area contributed by atoms with E-state index in [1.165, 1.54) is 18.1 Å². The lowest BCUT2D eigenvalue weighted by Crippen LogP contribution is -2.57. The average molecular weight is 324 g/mol. The molecule has 0 bridgehead atoms. The highest BCUT2D eigenvalue weighted by Crippen LogP contribution is 2.25. The van der Waals surface area contributed by atoms with E-state index in [1.807, 2.05) is 6.92 Å². The molecule has 128 valence electrons. The van der Waals surface area contributed by atoms with Crippen molar-refractivity contribution in [1.29, 1.82) is 0 Å². The van der Waals surface area contributed by atoms with Crippen LogP contribution in [0.2, 0.25) is 0 Å². The van der Waals surface area contributed by atoms with Crippen molar-refractivity contribution < 1.29 is 19.0 Å². The van der Waals surface area contributed by atoms with E-state index < -0.39 is 5.60 Å². The fourth-order valence-corrected chi connectivity index (χ4v) is 2.86. The highest BCUT2D eigenvalue weighted by molar-refractivity contribution is 5.86. The first-order chi connectivity index (χ1) is 11.0. The molecule has 2 rings (SSSR count). The van der Waals surface area contributed by atoms with Crippen molar-refractivity contribution in [2.45, 2.75) is 38.3 Å². The second kappa shape index (κ2) is 7.75. The lowest BCUT2D eigenvalue weighted by molar-refractivity contribution is -0.157. The summed E-state index contributed by atoms with van der Waals surface area (Å²) in [5, 5.41) is 13.7. The number of nitrogens with one attached hydrogen (secondary N) is 1. The number of benzene rings is 1. The number of ether oxygens (including phenoxy) is 1. The van der Waals surface area contributed by atoms with Gasteiger partial charge < -0.3 is 20.1 Å². The van der Waals surface area contributed by atoms with Crippen LogP contribution in [0.1, 0.15) is 31.7 Å². The predicted octanol–water partition coefficient (Wildman–Crippen LogP) is 1.69. The largest absolute Gasteiger partial charge is 0.497 e. The van der Waals surface area contributed by atoms with Crippen molar-refractivity contribution in [2.24, 2.45) is 0 Å². The van der Waals surface area contributed by atoms with Crippen LogP contribution in [0, 0.1) is 5.82 Å². The van der Waals surface area contributed by atoms with Gasteiger partial charge in [0.25, 0.3) is 5.91 Å². The molecule has 1 saturated heterocycles. The van der Waals surface area contributed by atoms with Crippen molar-refractivity contribution >= 4 is 5.91 Å². The van der Waals surface area contributed by atoms with Crippen molar-refractivity contribution in [3.63, 3.8) is 0 Å². The van der Waals surface area contributed by atoms with E-state index in [2.05, 4.69) is 5.32 Å². The Hall–Kier alpha value is -1.66. The lowest BCUT2D eigenvalue weighted by atomic mass is 9.91. The molecule has 1 aromatic rings. The first-order valence-electron chi connectivity index (χ1n) is 8.05. The Morgan fingerprint density at radius 2 is 2.26 bits per heavy atom. The number of piperidine rings is 1. The Kier molecular flexibility index (Phi) is 5.96. The molecule has 1 fully saturated rings. The topological polar surface area (TPSA) is 61.8 Å². The van der Waals surface area contributed by atoms with Crippen molar-refractivity contribution in [3.8, 4) is 5.75 Å². The molecule has 1 aliphatic heterocycles. The molecule has 0 saturated carbocycles. The maximum atomic E-state index is 14.0. The average Bonchev–Trinajstić information content (AvgIpc) is 2.54. The molecule has 1 heterocycles. The molecule has 1 aliphatic rings. The quantitative estimate of drug-likeness (QED) is 0.749. The number of methoxy groups -OCH3 is 1. The molecule has 0 radical (unpaired) electrons. The Labute approximate surface area is 136 Å². The Morgan fingerprint density at radius 3 is 2.96 bits per heavy atom. The first-order valence-corrected chi connectivity index (χ1v) is 8.05. The monoisotopic (exact) mass is 324 g/mol. The molecule has 1 aromatic carbocycles. The molecule has 0 spiro atoms. The highest BCUT2D eigenvalue weighted by Gasteiger charge is 2.41. The number of rotatable bonds is 7. The zero-order valence-corrected chi connectivity index (χ0v) is 13.8. The Balaban J connectivity index is 2.09. The lowest BCUT2D eigenvalue weighted by Gasteiger charge is -2.38. The molecule has 0 aliphatic carbocycles. The summed E-state index contributed by atoms with van der Waals surface area (Å²) < 4.78 is 19.1. The predicted molar refractivity (Wildman–Crippen MR) is 85.7 cm³/mol. The fourth-order valence-electron chi connectivity index (χ4n) is 2.86. The van der Waals surface area contributed by atoms with Crippen molar-refractivity contribution in [1.82, 2.24) is 10.2 Å². The number of hydrogen-bond acceptors (Lipinski definition) is 4. The summed E-state index contributed by atoms with van der Waals surface area (Å²) in [4.78, 5) is 14.1. The molecule has 1 amide bonds. The van der Waals surface area contributed by atoms with E-state index in [0.717, 1.165) is 13.0 Å². The number of nitrogens with zero attached hydrogens (tertiary/aromatic N) is 1. The number of halogens is 1. The molecule has 0 unspecified atom stereocenters. The van der Waals surface area contributed by atoms with E-state index in [9.17, 15) is 14.3 Å². The molecule has 2 N–H and O–H groups in total. The summed E-state index contributed by atoms with van der Waals surface area (Å²) >= 11 is 0. The maximum Gasteiger partial charge on any atom is 0.256 e. The third-order valence-electron chi connectivity index (χ3n) is 4.16. The molecule has 5 nitrogen and oxygen atoms in total. The SMILES string of the molecule is CCCNC[C@]1(O)CCCN(Cc2cc(OC)ccc2F)C1=O. The summed E-state index contributed by atoms with van der Waals surface area (Å²) in [5.41, 5.74) is -1.01. The van der Waals surface area contributed by atoms with Crippen molar-refractivity contribution in [3.05, 3.63) is 29.6 Å². The smallest absolute Gasteiger partial charge is 0.256 e. The summed E-state index contributed by atoms with van der Waals surface area (Å²) in [7, 11) is 1.52. The van der Waals surface area contributed by atoms with Gasteiger partial charge >= 0.3 is 0 Å². The van der Waals surface area contributed by atoms with Crippen LogP contribution >= 0.6 is 0 Å². The van der Waals surface area contributed by atoms with Gasteiger partial charge in [-0.05, 0) is 44.0 Å². The zero-order chi connectivity index (χ0) is 16.9. The fraction of sp³-hybridized carbons (Fsp3) is 0.588. The standard InChI is InChI=1S/C17H25FN2O3/c1-3-8-19-12-17(22)7-4-9-20(16(17)21)11-13-10-14(23-2)5-6-15(13)18/h5-6,10,19,22H,3-4,7-9,11-12H2,1-2H3/t17-/m1/s1. The number of likely N-dealkylation sites (tertiary alicyclic amines) is 1. The van der Waals surface area contributed by atoms with Gasteiger partial charge in [0.05, 0.1) is 7.11 Å². The van der Waals surface area contributed by atoms with Gasteiger partial charge in [0.15, 0.2) is 5.60 Å². The molecule has 0 aromatic heterocycles. The normalized spacial score (nSPS) is 21.6. The van der Waals surface area contributed by atoms with Crippen LogP contribution in [0.3, 0.4) is 0 Å². The highest BCUT2D eigenvalue weighted by atomic mass is 19.1. The summed E-state index contributed by atoms with van der Waals surface area (Å²) in [6.45, 7) is 3.66. The number of aliphatic hydroxyl groups is 1. The van der Waals surface area contributed by atoms with E-state index in [-0.39, 0.29) is 24.8 Å². The Morgan fingerprint density at radius 1 is 1.48 bits per heavy atom. The van der Waals surface area contributed by atoms with Crippen molar-refractivity contribution in [2.75, 3.05) is 26.7 Å². The van der Waals surface area contributed by atoms with E-state index in [4.69, 9.17) is 4.74 Å². The third kappa shape index (κ3) is 4.20. The molecular weight excluding hydrogens is 299 g/mol. The summed E-state index contributed by atoms with van der Waals surface area (Å²) in [6.07, 6.45) is 2.06. The number of carbonyl (C=O) groups excluding carboxylic acids is 1. The third-order valence-corrected chi connectivity index (χ3v) is 4.16. The van der Waals surface area contributed by atoms with Gasteiger partial charge in [0.2, 0.25) is 0 Å². The molecule has 23 heavy (non-hydrogen) atoms. The minimum atomic E-state index is -1.40. The zero-order valence-electron chi connectivity index (χ0n) is 13.8. The van der Waals surface area contributed by atoms with Gasteiger partial charge in [-0.1, -0.05) is 6.92 Å². The van der Waals surface area contributed by atoms with Crippen LogP contribution in [0.25, 0.3) is 0 Å². The number of amides is 1. The van der Waals surface area contributed by atoms with Gasteiger partial charge in [-0.15, -0.1) is 0 Å². The van der Waals surface area contributed by atoms with Gasteiger partial charge in [0.1, 0.15) is 11.6 Å². The molecule has 6 heteroatoms. The van der Waals surface area contributed by atoms with Gasteiger partial charge in [-0.3, -0.25) is 4.79 Å².